The quantitative estimate of drug-likeness (QED) is 0.604. The molecule has 1 aliphatic heterocycles. The number of fused-ring (bicyclic) bond motifs is 1. The molecule has 0 bridgehead atoms. The highest BCUT2D eigenvalue weighted by Crippen LogP contribution is 2.49. The average Bonchev–Trinajstić information content (AvgIpc) is 2.87. The molecule has 9 heteroatoms. The van der Waals surface area contributed by atoms with E-state index in [1.54, 1.807) is 24.3 Å². The highest BCUT2D eigenvalue weighted by atomic mass is 35.5. The largest absolute Gasteiger partial charge is 0.372 e. The lowest BCUT2D eigenvalue weighted by atomic mass is 9.87. The standard InChI is InChI=1S/C21H23Cl2N3O3.ClH/c1-25(2)9-5-6-10-26-17-12-13(19(24)27)11-16(23)18(17)21(29,20(26)28)14-7-3-4-8-15(14)22;/h3-4,7-8,11-12,29H,5-6,9-10H2,1-2H3,(H2,24,27);1H. The molecule has 1 unspecified atom stereocenters. The summed E-state index contributed by atoms with van der Waals surface area (Å²) < 4.78 is 0. The van der Waals surface area contributed by atoms with Crippen molar-refractivity contribution in [2.75, 3.05) is 32.1 Å². The van der Waals surface area contributed by atoms with Gasteiger partial charge in [0.1, 0.15) is 0 Å². The molecule has 0 saturated carbocycles. The van der Waals surface area contributed by atoms with Crippen LogP contribution in [0.5, 0.6) is 0 Å². The Bertz CT molecular complexity index is 968. The fourth-order valence-corrected chi connectivity index (χ4v) is 4.27. The van der Waals surface area contributed by atoms with Gasteiger partial charge in [0, 0.05) is 28.3 Å². The maximum atomic E-state index is 13.4. The summed E-state index contributed by atoms with van der Waals surface area (Å²) >= 11 is 12.8. The Hall–Kier alpha value is -1.83. The van der Waals surface area contributed by atoms with E-state index in [0.717, 1.165) is 13.0 Å². The van der Waals surface area contributed by atoms with Crippen molar-refractivity contribution in [3.63, 3.8) is 0 Å². The third-order valence-corrected chi connectivity index (χ3v) is 5.69. The molecule has 1 aliphatic rings. The van der Waals surface area contributed by atoms with Crippen molar-refractivity contribution in [3.05, 3.63) is 63.1 Å². The van der Waals surface area contributed by atoms with Crippen LogP contribution in [-0.4, -0.2) is 49.0 Å². The number of primary amides is 1. The van der Waals surface area contributed by atoms with Crippen LogP contribution in [0.4, 0.5) is 5.69 Å². The lowest BCUT2D eigenvalue weighted by Gasteiger charge is -2.25. The second-order valence-corrected chi connectivity index (χ2v) is 8.19. The molecule has 30 heavy (non-hydrogen) atoms. The smallest absolute Gasteiger partial charge is 0.268 e. The van der Waals surface area contributed by atoms with Crippen LogP contribution in [0.1, 0.15) is 34.3 Å². The molecule has 3 rings (SSSR count). The molecule has 0 radical (unpaired) electrons. The first-order valence-electron chi connectivity index (χ1n) is 9.25. The topological polar surface area (TPSA) is 86.9 Å². The molecular weight excluding hydrogens is 449 g/mol. The van der Waals surface area contributed by atoms with Gasteiger partial charge in [-0.1, -0.05) is 41.4 Å². The number of halogens is 3. The predicted octanol–water partition coefficient (Wildman–Crippen LogP) is 3.44. The Morgan fingerprint density at radius 2 is 1.83 bits per heavy atom. The van der Waals surface area contributed by atoms with E-state index >= 15 is 0 Å². The number of anilines is 1. The number of benzene rings is 2. The van der Waals surface area contributed by atoms with Crippen molar-refractivity contribution < 1.29 is 14.7 Å². The predicted molar refractivity (Wildman–Crippen MR) is 122 cm³/mol. The molecule has 6 nitrogen and oxygen atoms in total. The SMILES string of the molecule is CN(C)CCCCN1C(=O)C(O)(c2ccccc2Cl)c2c(Cl)cc(C(N)=O)cc21.Cl. The van der Waals surface area contributed by atoms with E-state index in [1.807, 2.05) is 14.1 Å². The number of amides is 2. The van der Waals surface area contributed by atoms with Crippen LogP contribution < -0.4 is 10.6 Å². The van der Waals surface area contributed by atoms with E-state index in [1.165, 1.54) is 17.0 Å². The molecule has 0 spiro atoms. The second-order valence-electron chi connectivity index (χ2n) is 7.37. The van der Waals surface area contributed by atoms with Crippen LogP contribution >= 0.6 is 35.6 Å². The minimum atomic E-state index is -2.04. The Balaban J connectivity index is 0.00000320. The van der Waals surface area contributed by atoms with Gasteiger partial charge in [0.2, 0.25) is 5.91 Å². The van der Waals surface area contributed by atoms with Crippen LogP contribution in [0.3, 0.4) is 0 Å². The molecule has 0 saturated heterocycles. The van der Waals surface area contributed by atoms with E-state index in [0.29, 0.717) is 18.7 Å². The van der Waals surface area contributed by atoms with Crippen molar-refractivity contribution in [3.8, 4) is 0 Å². The zero-order valence-corrected chi connectivity index (χ0v) is 19.0. The molecule has 0 aliphatic carbocycles. The van der Waals surface area contributed by atoms with E-state index < -0.39 is 17.4 Å². The summed E-state index contributed by atoms with van der Waals surface area (Å²) in [7, 11) is 3.96. The first-order valence-corrected chi connectivity index (χ1v) is 10.0. The van der Waals surface area contributed by atoms with Gasteiger partial charge in [0.25, 0.3) is 5.91 Å². The zero-order chi connectivity index (χ0) is 21.3. The van der Waals surface area contributed by atoms with Gasteiger partial charge in [0.05, 0.1) is 10.7 Å². The van der Waals surface area contributed by atoms with Gasteiger partial charge in [-0.25, -0.2) is 0 Å². The Kier molecular flexibility index (Phi) is 7.77. The van der Waals surface area contributed by atoms with Crippen LogP contribution in [0, 0.1) is 0 Å². The maximum Gasteiger partial charge on any atom is 0.268 e. The minimum Gasteiger partial charge on any atom is -0.372 e. The summed E-state index contributed by atoms with van der Waals surface area (Å²) in [5, 5.41) is 11.9. The summed E-state index contributed by atoms with van der Waals surface area (Å²) in [6.45, 7) is 1.23. The average molecular weight is 473 g/mol. The number of unbranched alkanes of at least 4 members (excludes halogenated alkanes) is 1. The molecular formula is C21H24Cl3N3O3. The zero-order valence-electron chi connectivity index (χ0n) is 16.7. The molecule has 2 amide bonds. The number of carbonyl (C=O) groups excluding carboxylic acids is 2. The van der Waals surface area contributed by atoms with Crippen molar-refractivity contribution >= 4 is 53.1 Å². The van der Waals surface area contributed by atoms with E-state index in [9.17, 15) is 14.7 Å². The third kappa shape index (κ3) is 4.29. The van der Waals surface area contributed by atoms with Gasteiger partial charge in [-0.3, -0.25) is 9.59 Å². The second kappa shape index (κ2) is 9.54. The molecule has 1 heterocycles. The van der Waals surface area contributed by atoms with Gasteiger partial charge in [-0.05, 0) is 51.7 Å². The highest BCUT2D eigenvalue weighted by Gasteiger charge is 2.53. The molecule has 2 aromatic rings. The van der Waals surface area contributed by atoms with Gasteiger partial charge in [-0.2, -0.15) is 0 Å². The number of hydrogen-bond donors (Lipinski definition) is 2. The Labute approximate surface area is 192 Å². The summed E-state index contributed by atoms with van der Waals surface area (Å²) in [5.41, 5.74) is 4.40. The number of nitrogens with zero attached hydrogens (tertiary/aromatic N) is 2. The molecule has 162 valence electrons. The number of rotatable bonds is 7. The minimum absolute atomic E-state index is 0. The molecule has 1 atom stereocenters. The summed E-state index contributed by atoms with van der Waals surface area (Å²) in [6.07, 6.45) is 1.57. The molecule has 2 aromatic carbocycles. The van der Waals surface area contributed by atoms with Crippen molar-refractivity contribution in [2.45, 2.75) is 18.4 Å². The highest BCUT2D eigenvalue weighted by molar-refractivity contribution is 6.35. The van der Waals surface area contributed by atoms with E-state index in [2.05, 4.69) is 4.90 Å². The monoisotopic (exact) mass is 471 g/mol. The lowest BCUT2D eigenvalue weighted by Crippen LogP contribution is -2.42. The van der Waals surface area contributed by atoms with Gasteiger partial charge in [0.15, 0.2) is 5.60 Å². The molecule has 3 N–H and O–H groups in total. The Morgan fingerprint density at radius 3 is 2.43 bits per heavy atom. The number of carbonyl (C=O) groups is 2. The van der Waals surface area contributed by atoms with E-state index in [-0.39, 0.29) is 39.1 Å². The van der Waals surface area contributed by atoms with Crippen LogP contribution in [0.15, 0.2) is 36.4 Å². The summed E-state index contributed by atoms with van der Waals surface area (Å²) in [5.74, 6) is -1.21. The van der Waals surface area contributed by atoms with Crippen LogP contribution in [-0.2, 0) is 10.4 Å². The first-order chi connectivity index (χ1) is 13.7. The number of hydrogen-bond acceptors (Lipinski definition) is 4. The van der Waals surface area contributed by atoms with Crippen molar-refractivity contribution in [1.82, 2.24) is 4.90 Å². The third-order valence-electron chi connectivity index (χ3n) is 5.06. The Morgan fingerprint density at radius 1 is 1.17 bits per heavy atom. The van der Waals surface area contributed by atoms with Crippen LogP contribution in [0.25, 0.3) is 0 Å². The fourth-order valence-electron chi connectivity index (χ4n) is 3.64. The first kappa shape index (κ1) is 24.4. The van der Waals surface area contributed by atoms with Gasteiger partial charge >= 0.3 is 0 Å². The molecule has 0 fully saturated rings. The summed E-state index contributed by atoms with van der Waals surface area (Å²) in [6, 6.07) is 9.48. The normalized spacial score (nSPS) is 17.8. The maximum absolute atomic E-state index is 13.4. The lowest BCUT2D eigenvalue weighted by molar-refractivity contribution is -0.132. The van der Waals surface area contributed by atoms with Crippen LogP contribution in [0.2, 0.25) is 10.0 Å². The van der Waals surface area contributed by atoms with E-state index in [4.69, 9.17) is 28.9 Å². The van der Waals surface area contributed by atoms with Gasteiger partial charge in [-0.15, -0.1) is 12.4 Å². The van der Waals surface area contributed by atoms with Crippen molar-refractivity contribution in [2.24, 2.45) is 5.73 Å². The molecule has 0 aromatic heterocycles. The van der Waals surface area contributed by atoms with Crippen molar-refractivity contribution in [1.29, 1.82) is 0 Å². The summed E-state index contributed by atoms with van der Waals surface area (Å²) in [4.78, 5) is 28.7. The number of nitrogens with two attached hydrogens (primary N) is 1. The van der Waals surface area contributed by atoms with Gasteiger partial charge < -0.3 is 20.6 Å². The fraction of sp³-hybridized carbons (Fsp3) is 0.333. The number of aliphatic hydroxyl groups is 1.